The number of aromatic amines is 1. The van der Waals surface area contributed by atoms with Gasteiger partial charge in [-0.15, -0.1) is 13.2 Å². The third-order valence-corrected chi connectivity index (χ3v) is 3.56. The topological polar surface area (TPSA) is 47.1 Å². The Morgan fingerprint density at radius 1 is 1.08 bits per heavy atom. The van der Waals surface area contributed by atoms with Crippen molar-refractivity contribution in [3.63, 3.8) is 0 Å². The van der Waals surface area contributed by atoms with E-state index in [1.807, 2.05) is 25.1 Å². The summed E-state index contributed by atoms with van der Waals surface area (Å²) >= 11 is 0. The van der Waals surface area contributed by atoms with Crippen molar-refractivity contribution in [1.82, 2.24) is 9.97 Å². The molecule has 0 fully saturated rings. The van der Waals surface area contributed by atoms with Crippen molar-refractivity contribution in [2.45, 2.75) is 19.4 Å². The number of aryl methyl sites for hydroxylation is 1. The molecule has 0 radical (unpaired) electrons. The molecule has 1 N–H and O–H groups in total. The van der Waals surface area contributed by atoms with Gasteiger partial charge in [-0.25, -0.2) is 4.98 Å². The van der Waals surface area contributed by atoms with Crippen molar-refractivity contribution < 1.29 is 22.6 Å². The fourth-order valence-corrected chi connectivity index (χ4v) is 2.52. The molecule has 0 spiro atoms. The van der Waals surface area contributed by atoms with Crippen LogP contribution in [0.15, 0.2) is 42.5 Å². The summed E-state index contributed by atoms with van der Waals surface area (Å²) in [5.41, 5.74) is 3.45. The van der Waals surface area contributed by atoms with Gasteiger partial charge in [0.1, 0.15) is 17.7 Å². The van der Waals surface area contributed by atoms with E-state index < -0.39 is 12.5 Å². The standard InChI is InChI=1S/C17H15F3N2O2/c1-10-3-8-13-14(9-10)22-16(21-13)15(23-2)11-4-6-12(7-5-11)24-17(18,19)20/h3-9,15H,1-2H3,(H,21,22). The van der Waals surface area contributed by atoms with E-state index in [2.05, 4.69) is 14.7 Å². The molecule has 1 atom stereocenters. The number of ether oxygens (including phenoxy) is 2. The number of rotatable bonds is 4. The molecule has 0 amide bonds. The Balaban J connectivity index is 1.89. The third kappa shape index (κ3) is 3.51. The van der Waals surface area contributed by atoms with Crippen molar-refractivity contribution in [2.75, 3.05) is 7.11 Å². The smallest absolute Gasteiger partial charge is 0.406 e. The number of fused-ring (bicyclic) bond motifs is 1. The van der Waals surface area contributed by atoms with Gasteiger partial charge >= 0.3 is 6.36 Å². The van der Waals surface area contributed by atoms with E-state index in [0.29, 0.717) is 11.4 Å². The Hall–Kier alpha value is -2.54. The number of H-pyrrole nitrogens is 1. The zero-order valence-corrected chi connectivity index (χ0v) is 13.0. The molecule has 126 valence electrons. The van der Waals surface area contributed by atoms with E-state index in [-0.39, 0.29) is 5.75 Å². The molecule has 1 aromatic heterocycles. The van der Waals surface area contributed by atoms with Gasteiger partial charge in [-0.3, -0.25) is 0 Å². The fraction of sp³-hybridized carbons (Fsp3) is 0.235. The number of halogens is 3. The molecule has 24 heavy (non-hydrogen) atoms. The van der Waals surface area contributed by atoms with Crippen molar-refractivity contribution in [2.24, 2.45) is 0 Å². The van der Waals surface area contributed by atoms with Crippen LogP contribution in [0.1, 0.15) is 23.1 Å². The molecular weight excluding hydrogens is 321 g/mol. The molecule has 4 nitrogen and oxygen atoms in total. The molecule has 3 rings (SSSR count). The van der Waals surface area contributed by atoms with Gasteiger partial charge in [0.25, 0.3) is 0 Å². The van der Waals surface area contributed by atoms with Crippen LogP contribution >= 0.6 is 0 Å². The van der Waals surface area contributed by atoms with E-state index in [4.69, 9.17) is 4.74 Å². The molecule has 0 aliphatic carbocycles. The summed E-state index contributed by atoms with van der Waals surface area (Å²) in [6, 6.07) is 11.4. The van der Waals surface area contributed by atoms with E-state index in [1.54, 1.807) is 0 Å². The van der Waals surface area contributed by atoms with E-state index in [9.17, 15) is 13.2 Å². The molecule has 7 heteroatoms. The van der Waals surface area contributed by atoms with Crippen LogP contribution in [-0.2, 0) is 4.74 Å². The predicted octanol–water partition coefficient (Wildman–Crippen LogP) is 4.51. The quantitative estimate of drug-likeness (QED) is 0.763. The maximum atomic E-state index is 12.2. The predicted molar refractivity (Wildman–Crippen MR) is 82.8 cm³/mol. The van der Waals surface area contributed by atoms with Crippen molar-refractivity contribution in [1.29, 1.82) is 0 Å². The first kappa shape index (κ1) is 16.3. The summed E-state index contributed by atoms with van der Waals surface area (Å²) < 4.78 is 46.0. The lowest BCUT2D eigenvalue weighted by molar-refractivity contribution is -0.274. The largest absolute Gasteiger partial charge is 0.573 e. The van der Waals surface area contributed by atoms with Crippen LogP contribution in [0.25, 0.3) is 11.0 Å². The molecule has 1 heterocycles. The fourth-order valence-electron chi connectivity index (χ4n) is 2.52. The van der Waals surface area contributed by atoms with Crippen LogP contribution < -0.4 is 4.74 Å². The average Bonchev–Trinajstić information content (AvgIpc) is 2.91. The number of methoxy groups -OCH3 is 1. The number of imidazole rings is 1. The minimum absolute atomic E-state index is 0.277. The monoisotopic (exact) mass is 336 g/mol. The molecule has 1 unspecified atom stereocenters. The minimum Gasteiger partial charge on any atom is -0.406 e. The van der Waals surface area contributed by atoms with E-state index in [0.717, 1.165) is 16.6 Å². The first-order chi connectivity index (χ1) is 11.4. The Labute approximate surface area is 136 Å². The number of hydrogen-bond acceptors (Lipinski definition) is 3. The number of hydrogen-bond donors (Lipinski definition) is 1. The van der Waals surface area contributed by atoms with Gasteiger partial charge in [0, 0.05) is 7.11 Å². The maximum Gasteiger partial charge on any atom is 0.573 e. The van der Waals surface area contributed by atoms with Gasteiger partial charge in [0.2, 0.25) is 0 Å². The number of nitrogens with zero attached hydrogens (tertiary/aromatic N) is 1. The lowest BCUT2D eigenvalue weighted by Crippen LogP contribution is -2.17. The molecular formula is C17H15F3N2O2. The van der Waals surface area contributed by atoms with Crippen molar-refractivity contribution in [3.05, 3.63) is 59.4 Å². The van der Waals surface area contributed by atoms with Crippen molar-refractivity contribution >= 4 is 11.0 Å². The minimum atomic E-state index is -4.71. The third-order valence-electron chi connectivity index (χ3n) is 3.56. The highest BCUT2D eigenvalue weighted by molar-refractivity contribution is 5.76. The number of benzene rings is 2. The van der Waals surface area contributed by atoms with Gasteiger partial charge in [0.05, 0.1) is 11.0 Å². The Morgan fingerprint density at radius 2 is 1.79 bits per heavy atom. The van der Waals surface area contributed by atoms with Gasteiger partial charge in [-0.1, -0.05) is 18.2 Å². The molecule has 0 saturated carbocycles. The highest BCUT2D eigenvalue weighted by Gasteiger charge is 2.31. The summed E-state index contributed by atoms with van der Waals surface area (Å²) in [7, 11) is 1.52. The van der Waals surface area contributed by atoms with Crippen LogP contribution in [0, 0.1) is 6.92 Å². The molecule has 3 aromatic rings. The number of aromatic nitrogens is 2. The normalized spacial score (nSPS) is 13.2. The van der Waals surface area contributed by atoms with Crippen LogP contribution in [-0.4, -0.2) is 23.4 Å². The second-order valence-electron chi connectivity index (χ2n) is 5.38. The molecule has 2 aromatic carbocycles. The zero-order valence-electron chi connectivity index (χ0n) is 13.0. The highest BCUT2D eigenvalue weighted by Crippen LogP contribution is 2.29. The van der Waals surface area contributed by atoms with Crippen molar-refractivity contribution in [3.8, 4) is 5.75 Å². The van der Waals surface area contributed by atoms with E-state index >= 15 is 0 Å². The first-order valence-electron chi connectivity index (χ1n) is 7.20. The summed E-state index contributed by atoms with van der Waals surface area (Å²) in [5.74, 6) is 0.309. The van der Waals surface area contributed by atoms with E-state index in [1.165, 1.54) is 31.4 Å². The maximum absolute atomic E-state index is 12.2. The Kier molecular flexibility index (Phi) is 4.19. The SMILES string of the molecule is COC(c1ccc(OC(F)(F)F)cc1)c1nc2ccc(C)cc2[nH]1. The van der Waals surface area contributed by atoms with Gasteiger partial charge in [0.15, 0.2) is 0 Å². The van der Waals surface area contributed by atoms with Gasteiger partial charge < -0.3 is 14.5 Å². The summed E-state index contributed by atoms with van der Waals surface area (Å²) in [6.45, 7) is 1.98. The second-order valence-corrected chi connectivity index (χ2v) is 5.38. The number of nitrogens with one attached hydrogen (secondary N) is 1. The Bertz CT molecular complexity index is 841. The second kappa shape index (κ2) is 6.16. The van der Waals surface area contributed by atoms with Gasteiger partial charge in [-0.2, -0.15) is 0 Å². The Morgan fingerprint density at radius 3 is 2.42 bits per heavy atom. The molecule has 0 saturated heterocycles. The highest BCUT2D eigenvalue weighted by atomic mass is 19.4. The zero-order chi connectivity index (χ0) is 17.3. The van der Waals surface area contributed by atoms with Crippen LogP contribution in [0.5, 0.6) is 5.75 Å². The summed E-state index contributed by atoms with van der Waals surface area (Å²) in [4.78, 5) is 7.68. The van der Waals surface area contributed by atoms with Crippen LogP contribution in [0.4, 0.5) is 13.2 Å². The lowest BCUT2D eigenvalue weighted by atomic mass is 10.1. The number of alkyl halides is 3. The lowest BCUT2D eigenvalue weighted by Gasteiger charge is -2.14. The molecule has 0 bridgehead atoms. The first-order valence-corrected chi connectivity index (χ1v) is 7.20. The average molecular weight is 336 g/mol. The summed E-state index contributed by atoms with van der Waals surface area (Å²) in [6.07, 6.45) is -5.23. The van der Waals surface area contributed by atoms with Crippen LogP contribution in [0.2, 0.25) is 0 Å². The van der Waals surface area contributed by atoms with Gasteiger partial charge in [-0.05, 0) is 42.3 Å². The molecule has 0 aliphatic heterocycles. The molecule has 0 aliphatic rings. The van der Waals surface area contributed by atoms with Crippen LogP contribution in [0.3, 0.4) is 0 Å². The summed E-state index contributed by atoms with van der Waals surface area (Å²) in [5, 5.41) is 0.